The Morgan fingerprint density at radius 3 is 2.55 bits per heavy atom. The fourth-order valence-corrected chi connectivity index (χ4v) is 4.57. The fourth-order valence-electron chi connectivity index (χ4n) is 1.97. The van der Waals surface area contributed by atoms with E-state index in [1.807, 2.05) is 0 Å². The van der Waals surface area contributed by atoms with Crippen molar-refractivity contribution in [3.05, 3.63) is 28.3 Å². The van der Waals surface area contributed by atoms with E-state index in [2.05, 4.69) is 5.32 Å². The first-order chi connectivity index (χ1) is 9.46. The number of hydrogen-bond donors (Lipinski definition) is 1. The fraction of sp³-hybridized carbons (Fsp3) is 0.455. The predicted octanol–water partition coefficient (Wildman–Crippen LogP) is 1.37. The molecule has 1 fully saturated rings. The number of thioether (sulfide) groups is 1. The molecule has 1 aromatic rings. The number of nitro benzene ring substituents is 1. The Morgan fingerprint density at radius 1 is 1.35 bits per heavy atom. The smallest absolute Gasteiger partial charge is 0.293 e. The Labute approximate surface area is 121 Å². The van der Waals surface area contributed by atoms with Crippen LogP contribution in [0, 0.1) is 10.1 Å². The second-order valence-corrected chi connectivity index (χ2v) is 7.37. The van der Waals surface area contributed by atoms with Crippen LogP contribution in [0.5, 0.6) is 0 Å². The second-order valence-electron chi connectivity index (χ2n) is 4.20. The van der Waals surface area contributed by atoms with Gasteiger partial charge in [0, 0.05) is 37.7 Å². The van der Waals surface area contributed by atoms with Gasteiger partial charge in [-0.1, -0.05) is 0 Å². The maximum Gasteiger partial charge on any atom is 0.293 e. The van der Waals surface area contributed by atoms with Crippen LogP contribution in [0.1, 0.15) is 0 Å². The van der Waals surface area contributed by atoms with E-state index in [1.165, 1.54) is 16.4 Å². The highest BCUT2D eigenvalue weighted by Gasteiger charge is 2.28. The minimum atomic E-state index is -3.66. The highest BCUT2D eigenvalue weighted by Crippen LogP contribution is 2.29. The molecule has 110 valence electrons. The Bertz CT molecular complexity index is 612. The first kappa shape index (κ1) is 15.1. The molecule has 20 heavy (non-hydrogen) atoms. The Balaban J connectivity index is 2.41. The SMILES string of the molecule is CNc1ccc(S(=O)(=O)N2CCSCC2)cc1[N+](=O)[O-]. The quantitative estimate of drug-likeness (QED) is 0.666. The molecule has 1 aliphatic heterocycles. The number of nitrogens with zero attached hydrogens (tertiary/aromatic N) is 2. The van der Waals surface area contributed by atoms with Crippen molar-refractivity contribution >= 4 is 33.2 Å². The number of rotatable bonds is 4. The van der Waals surface area contributed by atoms with E-state index in [9.17, 15) is 18.5 Å². The van der Waals surface area contributed by atoms with Gasteiger partial charge in [0.1, 0.15) is 5.69 Å². The van der Waals surface area contributed by atoms with Crippen LogP contribution in [-0.2, 0) is 10.0 Å². The highest BCUT2D eigenvalue weighted by molar-refractivity contribution is 7.99. The van der Waals surface area contributed by atoms with Crippen LogP contribution >= 0.6 is 11.8 Å². The number of sulfonamides is 1. The second kappa shape index (κ2) is 5.98. The van der Waals surface area contributed by atoms with Crippen molar-refractivity contribution < 1.29 is 13.3 Å². The van der Waals surface area contributed by atoms with Crippen LogP contribution < -0.4 is 5.32 Å². The predicted molar refractivity (Wildman–Crippen MR) is 78.7 cm³/mol. The Hall–Kier alpha value is -1.32. The standard InChI is InChI=1S/C11H15N3O4S2/c1-12-10-3-2-9(8-11(10)14(15)16)20(17,18)13-4-6-19-7-5-13/h2-3,8,12H,4-7H2,1H3. The van der Waals surface area contributed by atoms with E-state index < -0.39 is 14.9 Å². The molecule has 1 aromatic carbocycles. The van der Waals surface area contributed by atoms with Crippen molar-refractivity contribution in [2.24, 2.45) is 0 Å². The van der Waals surface area contributed by atoms with Gasteiger partial charge >= 0.3 is 0 Å². The van der Waals surface area contributed by atoms with Crippen LogP contribution in [0.25, 0.3) is 0 Å². The normalized spacial score (nSPS) is 16.9. The molecular formula is C11H15N3O4S2. The number of benzene rings is 1. The first-order valence-electron chi connectivity index (χ1n) is 6.01. The van der Waals surface area contributed by atoms with E-state index in [-0.39, 0.29) is 10.6 Å². The van der Waals surface area contributed by atoms with Gasteiger partial charge in [-0.2, -0.15) is 16.1 Å². The van der Waals surface area contributed by atoms with Crippen molar-refractivity contribution in [3.8, 4) is 0 Å². The minimum Gasteiger partial charge on any atom is -0.383 e. The van der Waals surface area contributed by atoms with Gasteiger partial charge in [-0.05, 0) is 12.1 Å². The highest BCUT2D eigenvalue weighted by atomic mass is 32.2. The molecule has 1 N–H and O–H groups in total. The lowest BCUT2D eigenvalue weighted by atomic mass is 10.3. The van der Waals surface area contributed by atoms with Crippen molar-refractivity contribution in [3.63, 3.8) is 0 Å². The number of anilines is 1. The van der Waals surface area contributed by atoms with Crippen molar-refractivity contribution in [2.45, 2.75) is 4.90 Å². The lowest BCUT2D eigenvalue weighted by Crippen LogP contribution is -2.37. The third-order valence-electron chi connectivity index (χ3n) is 3.04. The summed E-state index contributed by atoms with van der Waals surface area (Å²) in [5, 5.41) is 13.7. The molecular weight excluding hydrogens is 302 g/mol. The number of nitro groups is 1. The van der Waals surface area contributed by atoms with E-state index in [1.54, 1.807) is 18.8 Å². The lowest BCUT2D eigenvalue weighted by Gasteiger charge is -2.25. The van der Waals surface area contributed by atoms with Gasteiger partial charge in [0.15, 0.2) is 0 Å². The summed E-state index contributed by atoms with van der Waals surface area (Å²) in [6.07, 6.45) is 0. The molecule has 0 aliphatic carbocycles. The van der Waals surface area contributed by atoms with Gasteiger partial charge in [0.2, 0.25) is 10.0 Å². The average Bonchev–Trinajstić information content (AvgIpc) is 2.47. The number of hydrogen-bond acceptors (Lipinski definition) is 6. The Morgan fingerprint density at radius 2 is 2.00 bits per heavy atom. The van der Waals surface area contributed by atoms with E-state index >= 15 is 0 Å². The summed E-state index contributed by atoms with van der Waals surface area (Å²) in [5.41, 5.74) is 0.0584. The summed E-state index contributed by atoms with van der Waals surface area (Å²) in [4.78, 5) is 10.4. The van der Waals surface area contributed by atoms with Crippen LogP contribution in [0.4, 0.5) is 11.4 Å². The third kappa shape index (κ3) is 2.89. The first-order valence-corrected chi connectivity index (χ1v) is 8.60. The Kier molecular flexibility index (Phi) is 4.51. The third-order valence-corrected chi connectivity index (χ3v) is 5.88. The summed E-state index contributed by atoms with van der Waals surface area (Å²) in [6.45, 7) is 0.878. The molecule has 7 nitrogen and oxygen atoms in total. The van der Waals surface area contributed by atoms with E-state index in [0.29, 0.717) is 18.8 Å². The molecule has 1 saturated heterocycles. The van der Waals surface area contributed by atoms with Gasteiger partial charge in [-0.15, -0.1) is 0 Å². The molecule has 0 spiro atoms. The summed E-state index contributed by atoms with van der Waals surface area (Å²) in [6, 6.07) is 3.93. The van der Waals surface area contributed by atoms with Crippen LogP contribution in [0.2, 0.25) is 0 Å². The molecule has 0 amide bonds. The van der Waals surface area contributed by atoms with Gasteiger partial charge in [0.25, 0.3) is 5.69 Å². The molecule has 1 aliphatic rings. The number of nitrogens with one attached hydrogen (secondary N) is 1. The van der Waals surface area contributed by atoms with E-state index in [0.717, 1.165) is 17.6 Å². The summed E-state index contributed by atoms with van der Waals surface area (Å²) in [7, 11) is -2.10. The zero-order valence-electron chi connectivity index (χ0n) is 10.9. The van der Waals surface area contributed by atoms with Crippen LogP contribution in [0.3, 0.4) is 0 Å². The molecule has 0 atom stereocenters. The zero-order chi connectivity index (χ0) is 14.8. The van der Waals surface area contributed by atoms with E-state index in [4.69, 9.17) is 0 Å². The molecule has 2 rings (SSSR count). The van der Waals surface area contributed by atoms with Gasteiger partial charge in [-0.3, -0.25) is 10.1 Å². The molecule has 0 aromatic heterocycles. The minimum absolute atomic E-state index is 0.0323. The molecule has 0 bridgehead atoms. The largest absolute Gasteiger partial charge is 0.383 e. The topological polar surface area (TPSA) is 92.6 Å². The van der Waals surface area contributed by atoms with Gasteiger partial charge < -0.3 is 5.32 Å². The summed E-state index contributed by atoms with van der Waals surface area (Å²) in [5.74, 6) is 1.49. The zero-order valence-corrected chi connectivity index (χ0v) is 12.5. The van der Waals surface area contributed by atoms with Gasteiger partial charge in [0.05, 0.1) is 9.82 Å². The van der Waals surface area contributed by atoms with Crippen molar-refractivity contribution in [1.82, 2.24) is 4.31 Å². The van der Waals surface area contributed by atoms with Gasteiger partial charge in [-0.25, -0.2) is 8.42 Å². The average molecular weight is 317 g/mol. The molecule has 9 heteroatoms. The summed E-state index contributed by atoms with van der Waals surface area (Å²) < 4.78 is 26.2. The van der Waals surface area contributed by atoms with Crippen molar-refractivity contribution in [1.29, 1.82) is 0 Å². The van der Waals surface area contributed by atoms with Crippen LogP contribution in [-0.4, -0.2) is 49.3 Å². The summed E-state index contributed by atoms with van der Waals surface area (Å²) >= 11 is 1.70. The molecule has 1 heterocycles. The monoisotopic (exact) mass is 317 g/mol. The maximum absolute atomic E-state index is 12.4. The molecule has 0 radical (unpaired) electrons. The lowest BCUT2D eigenvalue weighted by molar-refractivity contribution is -0.384. The molecule has 0 unspecified atom stereocenters. The maximum atomic E-state index is 12.4. The van der Waals surface area contributed by atoms with Crippen molar-refractivity contribution in [2.75, 3.05) is 37.0 Å². The molecule has 0 saturated carbocycles. The van der Waals surface area contributed by atoms with Crippen LogP contribution in [0.15, 0.2) is 23.1 Å².